The first kappa shape index (κ1) is 22.9. The van der Waals surface area contributed by atoms with Crippen LogP contribution in [-0.2, 0) is 22.0 Å². The summed E-state index contributed by atoms with van der Waals surface area (Å²) < 4.78 is 24.6. The molecule has 0 spiro atoms. The average Bonchev–Trinajstić information content (AvgIpc) is 3.13. The standard InChI is InChI=1S/C24H32N4O2S/c1-3-25-24(26-13-7-15-31(29,30)18-20-8-5-4-6-9-20)27-14-12-21-17-28-23-16-19(2)10-11-22(21)23/h4-6,8-11,16-17,28H,3,7,12-15,18H2,1-2H3,(H2,25,26,27). The van der Waals surface area contributed by atoms with Crippen LogP contribution in [-0.4, -0.2) is 44.7 Å². The number of aromatic nitrogens is 1. The van der Waals surface area contributed by atoms with Crippen LogP contribution in [0.25, 0.3) is 10.9 Å². The molecule has 3 aromatic rings. The van der Waals surface area contributed by atoms with Crippen LogP contribution in [0.3, 0.4) is 0 Å². The Morgan fingerprint density at radius 3 is 2.68 bits per heavy atom. The smallest absolute Gasteiger partial charge is 0.191 e. The minimum absolute atomic E-state index is 0.0834. The third kappa shape index (κ3) is 7.14. The maximum Gasteiger partial charge on any atom is 0.191 e. The number of rotatable bonds is 10. The summed E-state index contributed by atoms with van der Waals surface area (Å²) in [5.74, 6) is 0.943. The third-order valence-corrected chi connectivity index (χ3v) is 6.75. The molecule has 1 heterocycles. The molecule has 0 saturated heterocycles. The lowest BCUT2D eigenvalue weighted by atomic mass is 10.1. The van der Waals surface area contributed by atoms with Crippen molar-refractivity contribution in [3.05, 3.63) is 71.4 Å². The van der Waals surface area contributed by atoms with E-state index in [2.05, 4.69) is 51.9 Å². The first-order valence-corrected chi connectivity index (χ1v) is 12.6. The van der Waals surface area contributed by atoms with E-state index in [4.69, 9.17) is 0 Å². The van der Waals surface area contributed by atoms with Crippen LogP contribution in [0, 0.1) is 6.92 Å². The highest BCUT2D eigenvalue weighted by atomic mass is 32.2. The first-order chi connectivity index (χ1) is 15.0. The summed E-state index contributed by atoms with van der Waals surface area (Å²) in [6, 6.07) is 15.7. The highest BCUT2D eigenvalue weighted by Crippen LogP contribution is 2.19. The SMILES string of the molecule is CCNC(=NCCCS(=O)(=O)Cc1ccccc1)NCCc1c[nH]c2cc(C)ccc12. The van der Waals surface area contributed by atoms with Crippen LogP contribution in [0.15, 0.2) is 59.7 Å². The van der Waals surface area contributed by atoms with Gasteiger partial charge >= 0.3 is 0 Å². The molecule has 0 aliphatic heterocycles. The highest BCUT2D eigenvalue weighted by Gasteiger charge is 2.11. The Hall–Kier alpha value is -2.80. The number of benzene rings is 2. The van der Waals surface area contributed by atoms with Crippen LogP contribution in [0.5, 0.6) is 0 Å². The third-order valence-electron chi connectivity index (χ3n) is 5.07. The van der Waals surface area contributed by atoms with Crippen molar-refractivity contribution in [3.63, 3.8) is 0 Å². The van der Waals surface area contributed by atoms with E-state index < -0.39 is 9.84 Å². The number of guanidine groups is 1. The number of aromatic amines is 1. The number of aliphatic imine (C=N–C) groups is 1. The molecule has 0 unspecified atom stereocenters. The fourth-order valence-electron chi connectivity index (χ4n) is 3.54. The van der Waals surface area contributed by atoms with E-state index in [1.54, 1.807) is 0 Å². The number of aryl methyl sites for hydroxylation is 1. The molecule has 0 aliphatic carbocycles. The summed E-state index contributed by atoms with van der Waals surface area (Å²) in [5.41, 5.74) is 4.50. The van der Waals surface area contributed by atoms with E-state index in [0.29, 0.717) is 13.0 Å². The van der Waals surface area contributed by atoms with Gasteiger partial charge in [-0.25, -0.2) is 8.42 Å². The van der Waals surface area contributed by atoms with Gasteiger partial charge in [-0.2, -0.15) is 0 Å². The van der Waals surface area contributed by atoms with Gasteiger partial charge in [0.1, 0.15) is 0 Å². The number of nitrogens with one attached hydrogen (secondary N) is 3. The van der Waals surface area contributed by atoms with E-state index in [9.17, 15) is 8.42 Å². The number of fused-ring (bicyclic) bond motifs is 1. The molecular weight excluding hydrogens is 408 g/mol. The molecule has 31 heavy (non-hydrogen) atoms. The minimum Gasteiger partial charge on any atom is -0.361 e. The molecule has 7 heteroatoms. The molecule has 3 N–H and O–H groups in total. The van der Waals surface area contributed by atoms with Gasteiger partial charge in [-0.1, -0.05) is 42.5 Å². The second kappa shape index (κ2) is 11.0. The van der Waals surface area contributed by atoms with Crippen molar-refractivity contribution in [2.24, 2.45) is 4.99 Å². The molecule has 0 amide bonds. The van der Waals surface area contributed by atoms with Gasteiger partial charge in [0.15, 0.2) is 15.8 Å². The van der Waals surface area contributed by atoms with Gasteiger partial charge in [-0.3, -0.25) is 4.99 Å². The van der Waals surface area contributed by atoms with Gasteiger partial charge in [0.2, 0.25) is 0 Å². The zero-order chi connectivity index (χ0) is 22.1. The van der Waals surface area contributed by atoms with Crippen LogP contribution in [0.2, 0.25) is 0 Å². The molecule has 6 nitrogen and oxygen atoms in total. The van der Waals surface area contributed by atoms with Crippen molar-refractivity contribution in [3.8, 4) is 0 Å². The number of nitrogens with zero attached hydrogens (tertiary/aromatic N) is 1. The van der Waals surface area contributed by atoms with Gasteiger partial charge in [0.25, 0.3) is 0 Å². The Kier molecular flexibility index (Phi) is 8.12. The maximum absolute atomic E-state index is 12.3. The quantitative estimate of drug-likeness (QED) is 0.256. The fourth-order valence-corrected chi connectivity index (χ4v) is 4.95. The summed E-state index contributed by atoms with van der Waals surface area (Å²) >= 11 is 0. The second-order valence-corrected chi connectivity index (χ2v) is 9.92. The number of H-pyrrole nitrogens is 1. The van der Waals surface area contributed by atoms with Crippen molar-refractivity contribution in [2.75, 3.05) is 25.4 Å². The lowest BCUT2D eigenvalue weighted by Gasteiger charge is -2.11. The Bertz CT molecular complexity index is 1110. The van der Waals surface area contributed by atoms with Crippen molar-refractivity contribution < 1.29 is 8.42 Å². The molecule has 0 saturated carbocycles. The topological polar surface area (TPSA) is 86.3 Å². The van der Waals surface area contributed by atoms with Gasteiger partial charge in [-0.05, 0) is 49.4 Å². The van der Waals surface area contributed by atoms with E-state index in [-0.39, 0.29) is 11.5 Å². The largest absolute Gasteiger partial charge is 0.361 e. The van der Waals surface area contributed by atoms with E-state index in [1.165, 1.54) is 16.5 Å². The zero-order valence-electron chi connectivity index (χ0n) is 18.3. The highest BCUT2D eigenvalue weighted by molar-refractivity contribution is 7.90. The zero-order valence-corrected chi connectivity index (χ0v) is 19.1. The number of sulfone groups is 1. The molecule has 0 fully saturated rings. The van der Waals surface area contributed by atoms with E-state index in [0.717, 1.165) is 36.6 Å². The lowest BCUT2D eigenvalue weighted by Crippen LogP contribution is -2.38. The molecule has 0 atom stereocenters. The van der Waals surface area contributed by atoms with Gasteiger partial charge in [0.05, 0.1) is 11.5 Å². The summed E-state index contributed by atoms with van der Waals surface area (Å²) in [5, 5.41) is 7.82. The second-order valence-electron chi connectivity index (χ2n) is 7.73. The molecule has 0 radical (unpaired) electrons. The lowest BCUT2D eigenvalue weighted by molar-refractivity contribution is 0.592. The monoisotopic (exact) mass is 440 g/mol. The Balaban J connectivity index is 1.47. The summed E-state index contributed by atoms with van der Waals surface area (Å²) in [6.45, 7) is 6.08. The average molecular weight is 441 g/mol. The maximum atomic E-state index is 12.3. The predicted molar refractivity (Wildman–Crippen MR) is 129 cm³/mol. The van der Waals surface area contributed by atoms with Crippen LogP contribution < -0.4 is 10.6 Å². The minimum atomic E-state index is -3.13. The van der Waals surface area contributed by atoms with E-state index in [1.807, 2.05) is 37.3 Å². The molecule has 0 bridgehead atoms. The van der Waals surface area contributed by atoms with Gasteiger partial charge in [-0.15, -0.1) is 0 Å². The molecule has 1 aromatic heterocycles. The fraction of sp³-hybridized carbons (Fsp3) is 0.375. The van der Waals surface area contributed by atoms with Crippen molar-refractivity contribution in [2.45, 2.75) is 32.4 Å². The molecule has 0 aliphatic rings. The Morgan fingerprint density at radius 1 is 1.10 bits per heavy atom. The molecule has 3 rings (SSSR count). The van der Waals surface area contributed by atoms with Crippen LogP contribution >= 0.6 is 0 Å². The van der Waals surface area contributed by atoms with E-state index >= 15 is 0 Å². The van der Waals surface area contributed by atoms with Crippen LogP contribution in [0.4, 0.5) is 0 Å². The molecule has 166 valence electrons. The van der Waals surface area contributed by atoms with Crippen molar-refractivity contribution in [1.29, 1.82) is 0 Å². The van der Waals surface area contributed by atoms with Gasteiger partial charge in [0, 0.05) is 36.7 Å². The first-order valence-electron chi connectivity index (χ1n) is 10.8. The van der Waals surface area contributed by atoms with Gasteiger partial charge < -0.3 is 15.6 Å². The molecule has 2 aromatic carbocycles. The number of hydrogen-bond donors (Lipinski definition) is 3. The Labute approximate surface area is 185 Å². The summed E-state index contributed by atoms with van der Waals surface area (Å²) in [4.78, 5) is 7.87. The normalized spacial score (nSPS) is 12.3. The van der Waals surface area contributed by atoms with Crippen molar-refractivity contribution in [1.82, 2.24) is 15.6 Å². The number of hydrogen-bond acceptors (Lipinski definition) is 3. The Morgan fingerprint density at radius 2 is 1.90 bits per heavy atom. The molecular formula is C24H32N4O2S. The van der Waals surface area contributed by atoms with Crippen molar-refractivity contribution >= 4 is 26.7 Å². The van der Waals surface area contributed by atoms with Crippen LogP contribution in [0.1, 0.15) is 30.0 Å². The summed E-state index contributed by atoms with van der Waals surface area (Å²) in [6.07, 6.45) is 3.44. The summed E-state index contributed by atoms with van der Waals surface area (Å²) in [7, 11) is -3.13. The predicted octanol–water partition coefficient (Wildman–Crippen LogP) is 3.58.